The second kappa shape index (κ2) is 6.00. The Bertz CT molecular complexity index is 434. The van der Waals surface area contributed by atoms with Crippen LogP contribution in [0.3, 0.4) is 0 Å². The highest BCUT2D eigenvalue weighted by Crippen LogP contribution is 2.44. The lowest BCUT2D eigenvalue weighted by molar-refractivity contribution is -0.119. The van der Waals surface area contributed by atoms with E-state index in [0.717, 1.165) is 17.6 Å². The third kappa shape index (κ3) is 3.33. The monoisotopic (exact) mass is 275 g/mol. The van der Waals surface area contributed by atoms with Gasteiger partial charge in [-0.15, -0.1) is 11.8 Å². The van der Waals surface area contributed by atoms with Crippen molar-refractivity contribution in [1.82, 2.24) is 5.32 Å². The zero-order valence-corrected chi connectivity index (χ0v) is 12.0. The number of hydrogen-bond donors (Lipinski definition) is 1. The zero-order chi connectivity index (χ0) is 13.1. The summed E-state index contributed by atoms with van der Waals surface area (Å²) in [4.78, 5) is 11.9. The van der Waals surface area contributed by atoms with Crippen LogP contribution < -0.4 is 5.32 Å². The van der Waals surface area contributed by atoms with Crippen LogP contribution in [0.4, 0.5) is 0 Å². The number of carbonyl (C=O) groups excluding carboxylic acids is 1. The first-order chi connectivity index (χ1) is 9.31. The Morgan fingerprint density at radius 3 is 2.74 bits per heavy atom. The van der Waals surface area contributed by atoms with Gasteiger partial charge in [0.05, 0.1) is 5.75 Å². The predicted molar refractivity (Wildman–Crippen MR) is 80.0 cm³/mol. The van der Waals surface area contributed by atoms with Crippen molar-refractivity contribution in [3.05, 3.63) is 35.9 Å². The molecule has 2 fully saturated rings. The van der Waals surface area contributed by atoms with Gasteiger partial charge in [0.1, 0.15) is 0 Å². The molecule has 2 nitrogen and oxygen atoms in total. The zero-order valence-electron chi connectivity index (χ0n) is 11.2. The first-order valence-corrected chi connectivity index (χ1v) is 8.38. The van der Waals surface area contributed by atoms with E-state index in [4.69, 9.17) is 0 Å². The van der Waals surface area contributed by atoms with Gasteiger partial charge in [-0.2, -0.15) is 0 Å². The van der Waals surface area contributed by atoms with E-state index in [0.29, 0.717) is 11.8 Å². The molecule has 3 heteroatoms. The van der Waals surface area contributed by atoms with Crippen LogP contribution in [0.25, 0.3) is 0 Å². The fourth-order valence-electron chi connectivity index (χ4n) is 3.51. The third-order valence-corrected chi connectivity index (χ3v) is 5.43. The lowest BCUT2D eigenvalue weighted by atomic mass is 9.95. The fourth-order valence-corrected chi connectivity index (χ4v) is 4.30. The van der Waals surface area contributed by atoms with Crippen molar-refractivity contribution in [2.75, 3.05) is 5.75 Å². The molecular weight excluding hydrogens is 254 g/mol. The van der Waals surface area contributed by atoms with Crippen LogP contribution in [0.15, 0.2) is 30.3 Å². The maximum atomic E-state index is 11.9. The Labute approximate surface area is 119 Å². The largest absolute Gasteiger partial charge is 0.352 e. The minimum atomic E-state index is 0.221. The van der Waals surface area contributed by atoms with E-state index in [1.807, 2.05) is 18.2 Å². The van der Waals surface area contributed by atoms with Gasteiger partial charge in [0, 0.05) is 11.8 Å². The molecule has 2 bridgehead atoms. The highest BCUT2D eigenvalue weighted by Gasteiger charge is 2.39. The first kappa shape index (κ1) is 13.0. The van der Waals surface area contributed by atoms with Crippen molar-refractivity contribution in [3.8, 4) is 0 Å². The van der Waals surface area contributed by atoms with Gasteiger partial charge in [0.2, 0.25) is 5.91 Å². The Morgan fingerprint density at radius 1 is 1.21 bits per heavy atom. The molecule has 1 aromatic carbocycles. The number of hydrogen-bond acceptors (Lipinski definition) is 2. The molecule has 0 saturated heterocycles. The molecule has 0 spiro atoms. The second-order valence-electron chi connectivity index (χ2n) is 5.83. The van der Waals surface area contributed by atoms with Gasteiger partial charge < -0.3 is 5.32 Å². The number of carbonyl (C=O) groups is 1. The smallest absolute Gasteiger partial charge is 0.230 e. The number of fused-ring (bicyclic) bond motifs is 2. The first-order valence-electron chi connectivity index (χ1n) is 7.22. The average Bonchev–Trinajstić information content (AvgIpc) is 3.02. The van der Waals surface area contributed by atoms with E-state index < -0.39 is 0 Å². The van der Waals surface area contributed by atoms with Crippen molar-refractivity contribution in [2.45, 2.75) is 37.5 Å². The Kier molecular flexibility index (Phi) is 4.12. The van der Waals surface area contributed by atoms with Crippen molar-refractivity contribution in [1.29, 1.82) is 0 Å². The van der Waals surface area contributed by atoms with Gasteiger partial charge in [-0.3, -0.25) is 4.79 Å². The molecule has 2 aliphatic carbocycles. The summed E-state index contributed by atoms with van der Waals surface area (Å²) < 4.78 is 0. The Morgan fingerprint density at radius 2 is 2.05 bits per heavy atom. The lowest BCUT2D eigenvalue weighted by Gasteiger charge is -2.22. The molecule has 0 radical (unpaired) electrons. The minimum Gasteiger partial charge on any atom is -0.352 e. The van der Waals surface area contributed by atoms with E-state index in [1.54, 1.807) is 11.8 Å². The van der Waals surface area contributed by atoms with Crippen LogP contribution in [0.2, 0.25) is 0 Å². The highest BCUT2D eigenvalue weighted by molar-refractivity contribution is 7.99. The van der Waals surface area contributed by atoms with E-state index in [-0.39, 0.29) is 5.91 Å². The summed E-state index contributed by atoms with van der Waals surface area (Å²) in [5.74, 6) is 3.40. The Hall–Kier alpha value is -0.960. The van der Waals surface area contributed by atoms with Gasteiger partial charge in [-0.1, -0.05) is 36.8 Å². The van der Waals surface area contributed by atoms with Crippen LogP contribution in [-0.4, -0.2) is 17.7 Å². The molecule has 1 amide bonds. The summed E-state index contributed by atoms with van der Waals surface area (Å²) in [7, 11) is 0. The molecule has 102 valence electrons. The van der Waals surface area contributed by atoms with Crippen molar-refractivity contribution in [3.63, 3.8) is 0 Å². The van der Waals surface area contributed by atoms with Gasteiger partial charge in [0.15, 0.2) is 0 Å². The number of benzene rings is 1. The number of amides is 1. The molecule has 0 heterocycles. The SMILES string of the molecule is O=C(CSCc1ccccc1)N[C@H]1C[C@@H]2CC[C@H]1C2. The molecule has 1 N–H and O–H groups in total. The third-order valence-electron chi connectivity index (χ3n) is 4.43. The van der Waals surface area contributed by atoms with Gasteiger partial charge in [-0.25, -0.2) is 0 Å². The summed E-state index contributed by atoms with van der Waals surface area (Å²) in [5, 5.41) is 3.24. The van der Waals surface area contributed by atoms with E-state index >= 15 is 0 Å². The minimum absolute atomic E-state index is 0.221. The number of rotatable bonds is 5. The van der Waals surface area contributed by atoms with Gasteiger partial charge in [0.25, 0.3) is 0 Å². The molecule has 3 rings (SSSR count). The van der Waals surface area contributed by atoms with Crippen molar-refractivity contribution < 1.29 is 4.79 Å². The molecule has 0 aromatic heterocycles. The second-order valence-corrected chi connectivity index (χ2v) is 6.81. The van der Waals surface area contributed by atoms with Crippen LogP contribution in [-0.2, 0) is 10.5 Å². The average molecular weight is 275 g/mol. The van der Waals surface area contributed by atoms with Crippen LogP contribution in [0.5, 0.6) is 0 Å². The van der Waals surface area contributed by atoms with Crippen molar-refractivity contribution in [2.24, 2.45) is 11.8 Å². The van der Waals surface area contributed by atoms with E-state index in [9.17, 15) is 4.79 Å². The van der Waals surface area contributed by atoms with Crippen molar-refractivity contribution >= 4 is 17.7 Å². The molecule has 2 aliphatic rings. The van der Waals surface area contributed by atoms with Crippen LogP contribution in [0.1, 0.15) is 31.2 Å². The van der Waals surface area contributed by atoms with Gasteiger partial charge >= 0.3 is 0 Å². The normalized spacial score (nSPS) is 28.5. The van der Waals surface area contributed by atoms with Crippen LogP contribution >= 0.6 is 11.8 Å². The standard InChI is InChI=1S/C16H21NOS/c18-16(11-19-10-12-4-2-1-3-5-12)17-15-9-13-6-7-14(15)8-13/h1-5,13-15H,6-11H2,(H,17,18)/t13-,14+,15+/m1/s1. The molecule has 3 atom stereocenters. The molecular formula is C16H21NOS. The maximum Gasteiger partial charge on any atom is 0.230 e. The molecule has 19 heavy (non-hydrogen) atoms. The summed E-state index contributed by atoms with van der Waals surface area (Å²) in [5.41, 5.74) is 1.29. The predicted octanol–water partition coefficient (Wildman–Crippen LogP) is 3.22. The van der Waals surface area contributed by atoms with Gasteiger partial charge in [-0.05, 0) is 36.7 Å². The highest BCUT2D eigenvalue weighted by atomic mass is 32.2. The maximum absolute atomic E-state index is 11.9. The number of thioether (sulfide) groups is 1. The molecule has 1 aromatic rings. The summed E-state index contributed by atoms with van der Waals surface area (Å²) in [6.45, 7) is 0. The molecule has 2 saturated carbocycles. The van der Waals surface area contributed by atoms with Crippen LogP contribution in [0, 0.1) is 11.8 Å². The van der Waals surface area contributed by atoms with E-state index in [2.05, 4.69) is 17.4 Å². The molecule has 0 aliphatic heterocycles. The molecule has 0 unspecified atom stereocenters. The number of nitrogens with one attached hydrogen (secondary N) is 1. The fraction of sp³-hybridized carbons (Fsp3) is 0.562. The summed E-state index contributed by atoms with van der Waals surface area (Å²) in [6, 6.07) is 10.8. The topological polar surface area (TPSA) is 29.1 Å². The Balaban J connectivity index is 1.38. The van der Waals surface area contributed by atoms with E-state index in [1.165, 1.54) is 31.2 Å². The lowest BCUT2D eigenvalue weighted by Crippen LogP contribution is -2.39. The summed E-state index contributed by atoms with van der Waals surface area (Å²) >= 11 is 1.71. The quantitative estimate of drug-likeness (QED) is 0.894. The summed E-state index contributed by atoms with van der Waals surface area (Å²) in [6.07, 6.45) is 5.29.